The fraction of sp³-hybridized carbons (Fsp3) is 0.412. The summed E-state index contributed by atoms with van der Waals surface area (Å²) in [6.45, 7) is 5.04. The molecule has 45 heavy (non-hydrogen) atoms. The van der Waals surface area contributed by atoms with E-state index in [9.17, 15) is 20.4 Å². The van der Waals surface area contributed by atoms with Crippen LogP contribution in [0.15, 0.2) is 54.7 Å². The number of carbonyl (C=O) groups is 1. The van der Waals surface area contributed by atoms with E-state index in [2.05, 4.69) is 20.9 Å². The minimum absolute atomic E-state index is 0.0105. The number of benzene rings is 2. The van der Waals surface area contributed by atoms with E-state index in [4.69, 9.17) is 16.3 Å². The van der Waals surface area contributed by atoms with E-state index in [0.29, 0.717) is 34.7 Å². The molecule has 1 unspecified atom stereocenters. The van der Waals surface area contributed by atoms with Crippen molar-refractivity contribution in [2.45, 2.75) is 37.6 Å². The molecule has 3 aliphatic rings. The van der Waals surface area contributed by atoms with Crippen LogP contribution in [0, 0.1) is 33.9 Å². The van der Waals surface area contributed by atoms with Crippen LogP contribution >= 0.6 is 11.6 Å². The molecule has 1 aromatic heterocycles. The van der Waals surface area contributed by atoms with Crippen LogP contribution in [0.3, 0.4) is 0 Å². The van der Waals surface area contributed by atoms with Gasteiger partial charge in [0.05, 0.1) is 52.6 Å². The monoisotopic (exact) mass is 628 g/mol. The van der Waals surface area contributed by atoms with Crippen LogP contribution in [-0.4, -0.2) is 77.1 Å². The Morgan fingerprint density at radius 3 is 2.42 bits per heavy atom. The fourth-order valence-electron chi connectivity index (χ4n) is 6.21. The van der Waals surface area contributed by atoms with Crippen molar-refractivity contribution < 1.29 is 19.0 Å². The van der Waals surface area contributed by atoms with Crippen LogP contribution < -0.4 is 0 Å². The molecule has 2 atom stereocenters. The van der Waals surface area contributed by atoms with Crippen molar-refractivity contribution in [1.29, 1.82) is 10.5 Å². The summed E-state index contributed by atoms with van der Waals surface area (Å²) >= 11 is 6.25. The number of nitriles is 2. The lowest BCUT2D eigenvalue weighted by Gasteiger charge is -2.40. The average molecular weight is 629 g/mol. The number of amides is 1. The Labute approximate surface area is 267 Å². The number of rotatable bonds is 9. The minimum atomic E-state index is -1.76. The van der Waals surface area contributed by atoms with Gasteiger partial charge in [0, 0.05) is 49.5 Å². The average Bonchev–Trinajstić information content (AvgIpc) is 3.78. The Morgan fingerprint density at radius 1 is 1.11 bits per heavy atom. The summed E-state index contributed by atoms with van der Waals surface area (Å²) in [4.78, 5) is 24.6. The molecule has 232 valence electrons. The van der Waals surface area contributed by atoms with E-state index in [1.165, 1.54) is 17.2 Å². The predicted molar refractivity (Wildman–Crippen MR) is 164 cm³/mol. The number of aliphatic hydroxyl groups is 1. The highest BCUT2D eigenvalue weighted by atomic mass is 35.5. The van der Waals surface area contributed by atoms with Crippen molar-refractivity contribution in [1.82, 2.24) is 19.7 Å². The maximum Gasteiger partial charge on any atom is 0.257 e. The first kappa shape index (κ1) is 31.1. The molecule has 1 saturated heterocycles. The maximum atomic E-state index is 16.7. The van der Waals surface area contributed by atoms with Crippen LogP contribution in [0.25, 0.3) is 0 Å². The topological polar surface area (TPSA) is 117 Å². The highest BCUT2D eigenvalue weighted by Gasteiger charge is 2.57. The van der Waals surface area contributed by atoms with Crippen LogP contribution in [0.2, 0.25) is 5.02 Å². The number of carbonyl (C=O) groups excluding carboxylic acids is 1. The maximum absolute atomic E-state index is 16.7. The second-order valence-corrected chi connectivity index (χ2v) is 13.0. The molecule has 0 radical (unpaired) electrons. The number of aromatic nitrogens is 1. The van der Waals surface area contributed by atoms with Gasteiger partial charge in [-0.25, -0.2) is 4.39 Å². The van der Waals surface area contributed by atoms with E-state index >= 15 is 4.39 Å². The first-order chi connectivity index (χ1) is 21.5. The smallest absolute Gasteiger partial charge is 0.257 e. The summed E-state index contributed by atoms with van der Waals surface area (Å²) < 4.78 is 23.4. The zero-order valence-electron chi connectivity index (χ0n) is 25.3. The molecule has 0 spiro atoms. The summed E-state index contributed by atoms with van der Waals surface area (Å²) in [5.74, 6) is -1.22. The van der Waals surface area contributed by atoms with Gasteiger partial charge in [-0.3, -0.25) is 19.6 Å². The summed E-state index contributed by atoms with van der Waals surface area (Å²) in [7, 11) is 2.05. The molecule has 1 N–H and O–H groups in total. The van der Waals surface area contributed by atoms with Crippen molar-refractivity contribution >= 4 is 17.5 Å². The molecular formula is C34H34ClFN6O3. The second kappa shape index (κ2) is 11.8. The quantitative estimate of drug-likeness (QED) is 0.371. The number of hydrogen-bond acceptors (Lipinski definition) is 8. The summed E-state index contributed by atoms with van der Waals surface area (Å²) in [5.41, 5.74) is -2.31. The Bertz CT molecular complexity index is 1690. The number of piperazine rings is 1. The van der Waals surface area contributed by atoms with Crippen molar-refractivity contribution in [3.63, 3.8) is 0 Å². The number of hydrogen-bond donors (Lipinski definition) is 1. The lowest BCUT2D eigenvalue weighted by molar-refractivity contribution is -0.122. The van der Waals surface area contributed by atoms with E-state index in [1.807, 2.05) is 13.1 Å². The van der Waals surface area contributed by atoms with Crippen molar-refractivity contribution in [3.05, 3.63) is 99.1 Å². The van der Waals surface area contributed by atoms with Gasteiger partial charge in [-0.15, -0.1) is 0 Å². The van der Waals surface area contributed by atoms with E-state index in [-0.39, 0.29) is 36.4 Å². The fourth-order valence-corrected chi connectivity index (χ4v) is 6.33. The molecule has 2 aliphatic heterocycles. The number of β-amino-alcohol motifs (C(OH)–C–C–N with tert-alkyl or cyclic N) is 1. The Kier molecular flexibility index (Phi) is 8.15. The zero-order chi connectivity index (χ0) is 32.0. The molecule has 2 aromatic carbocycles. The second-order valence-electron chi connectivity index (χ2n) is 12.6. The molecule has 1 aliphatic carbocycles. The number of fused-ring (bicyclic) bond motifs is 1. The van der Waals surface area contributed by atoms with Gasteiger partial charge in [-0.2, -0.15) is 10.5 Å². The third-order valence-electron chi connectivity index (χ3n) is 9.19. The molecule has 0 bridgehead atoms. The van der Waals surface area contributed by atoms with Gasteiger partial charge in [-0.1, -0.05) is 23.7 Å². The lowest BCUT2D eigenvalue weighted by atomic mass is 9.87. The molecular weight excluding hydrogens is 595 g/mol. The van der Waals surface area contributed by atoms with Crippen LogP contribution in [0.5, 0.6) is 0 Å². The van der Waals surface area contributed by atoms with E-state index in [0.717, 1.165) is 26.2 Å². The van der Waals surface area contributed by atoms with Gasteiger partial charge in [0.25, 0.3) is 5.91 Å². The molecule has 11 heteroatoms. The number of halogens is 2. The van der Waals surface area contributed by atoms with Gasteiger partial charge < -0.3 is 14.7 Å². The predicted octanol–water partition coefficient (Wildman–Crippen LogP) is 4.38. The Balaban J connectivity index is 1.48. The third-order valence-corrected chi connectivity index (χ3v) is 9.44. The normalized spacial score (nSPS) is 22.4. The SMILES string of the molecule is CN1CCN(CC(C)(O)c2cc(F)c3c(c2)C(=O)N(Cc2ccc(C#N)cn2)[C@@]3(OCC2(C#N)CC2)c2ccc(Cl)cc2)CC1. The van der Waals surface area contributed by atoms with Gasteiger partial charge in [0.15, 0.2) is 5.72 Å². The minimum Gasteiger partial charge on any atom is -0.384 e. The molecule has 3 aromatic rings. The number of nitrogens with zero attached hydrogens (tertiary/aromatic N) is 6. The van der Waals surface area contributed by atoms with Crippen LogP contribution in [0.1, 0.15) is 58.1 Å². The Hall–Kier alpha value is -3.90. The van der Waals surface area contributed by atoms with Crippen molar-refractivity contribution in [2.24, 2.45) is 5.41 Å². The number of pyridine rings is 1. The first-order valence-corrected chi connectivity index (χ1v) is 15.3. The van der Waals surface area contributed by atoms with E-state index < -0.39 is 28.5 Å². The van der Waals surface area contributed by atoms with Gasteiger partial charge in [0.2, 0.25) is 0 Å². The molecule has 9 nitrogen and oxygen atoms in total. The first-order valence-electron chi connectivity index (χ1n) is 15.0. The molecule has 1 amide bonds. The van der Waals surface area contributed by atoms with Crippen molar-refractivity contribution in [2.75, 3.05) is 46.4 Å². The largest absolute Gasteiger partial charge is 0.384 e. The molecule has 1 saturated carbocycles. The number of likely N-dealkylation sites (N-methyl/N-ethyl adjacent to an activating group) is 1. The third kappa shape index (κ3) is 5.81. The lowest BCUT2D eigenvalue weighted by Crippen LogP contribution is -2.49. The molecule has 2 fully saturated rings. The summed E-state index contributed by atoms with van der Waals surface area (Å²) in [6.07, 6.45) is 2.68. The zero-order valence-corrected chi connectivity index (χ0v) is 26.0. The van der Waals surface area contributed by atoms with Crippen molar-refractivity contribution in [3.8, 4) is 12.1 Å². The molecule has 3 heterocycles. The highest BCUT2D eigenvalue weighted by Crippen LogP contribution is 2.52. The Morgan fingerprint density at radius 2 is 1.82 bits per heavy atom. The van der Waals surface area contributed by atoms with Crippen LogP contribution in [0.4, 0.5) is 4.39 Å². The standard InChI is InChI=1S/C34H34ClFN6O3/c1-32(44,21-41-13-11-40(2)12-14-41)25-15-28-30(29(36)16-25)34(24-4-6-26(35)7-5-24,45-22-33(20-38)9-10-33)42(31(28)43)19-27-8-3-23(17-37)18-39-27/h3-8,15-16,18,44H,9-14,19,21-22H2,1-2H3/t32?,34-/m1/s1. The summed E-state index contributed by atoms with van der Waals surface area (Å²) in [5, 5.41) is 31.2. The van der Waals surface area contributed by atoms with Crippen LogP contribution in [-0.2, 0) is 22.6 Å². The molecule has 6 rings (SSSR count). The van der Waals surface area contributed by atoms with Gasteiger partial charge >= 0.3 is 0 Å². The number of ether oxygens (including phenoxy) is 1. The van der Waals surface area contributed by atoms with Gasteiger partial charge in [-0.05, 0) is 68.8 Å². The van der Waals surface area contributed by atoms with E-state index in [1.54, 1.807) is 49.4 Å². The van der Waals surface area contributed by atoms with Gasteiger partial charge in [0.1, 0.15) is 11.9 Å². The highest BCUT2D eigenvalue weighted by molar-refractivity contribution is 6.30. The summed E-state index contributed by atoms with van der Waals surface area (Å²) in [6, 6.07) is 17.1.